The molecule has 1 aliphatic rings. The minimum Gasteiger partial charge on any atom is -0.318 e. The molecule has 0 spiro atoms. The van der Waals surface area contributed by atoms with Gasteiger partial charge in [0.25, 0.3) is 0 Å². The molecule has 2 N–H and O–H groups in total. The zero-order valence-electron chi connectivity index (χ0n) is 6.98. The van der Waals surface area contributed by atoms with E-state index in [-0.39, 0.29) is 0 Å². The molecule has 10 heavy (non-hydrogen) atoms. The zero-order valence-corrected chi connectivity index (χ0v) is 6.98. The molecule has 0 saturated heterocycles. The van der Waals surface area contributed by atoms with Crippen LogP contribution in [0.4, 0.5) is 0 Å². The lowest BCUT2D eigenvalue weighted by atomic mass is 10.3. The van der Waals surface area contributed by atoms with Crippen molar-refractivity contribution in [1.82, 2.24) is 10.6 Å². The van der Waals surface area contributed by atoms with Gasteiger partial charge in [0.1, 0.15) is 0 Å². The molecular weight excluding hydrogens is 124 g/mol. The molecule has 0 amide bonds. The fraction of sp³-hybridized carbons (Fsp3) is 1.00. The summed E-state index contributed by atoms with van der Waals surface area (Å²) in [5.41, 5.74) is 0. The Morgan fingerprint density at radius 2 is 2.10 bits per heavy atom. The van der Waals surface area contributed by atoms with Crippen LogP contribution in [0.1, 0.15) is 13.3 Å². The average molecular weight is 142 g/mol. The van der Waals surface area contributed by atoms with Crippen LogP contribution in [0.15, 0.2) is 0 Å². The zero-order chi connectivity index (χ0) is 7.40. The van der Waals surface area contributed by atoms with Crippen molar-refractivity contribution in [1.29, 1.82) is 0 Å². The van der Waals surface area contributed by atoms with Gasteiger partial charge in [0.15, 0.2) is 0 Å². The fourth-order valence-corrected chi connectivity index (χ4v) is 1.18. The van der Waals surface area contributed by atoms with Gasteiger partial charge in [-0.1, -0.05) is 6.92 Å². The highest BCUT2D eigenvalue weighted by Gasteiger charge is 2.31. The summed E-state index contributed by atoms with van der Waals surface area (Å²) < 4.78 is 0. The van der Waals surface area contributed by atoms with Crippen LogP contribution in [0.2, 0.25) is 0 Å². The SMILES string of the molecule is CNCCNCC1CC1C. The van der Waals surface area contributed by atoms with Crippen molar-refractivity contribution in [2.24, 2.45) is 11.8 Å². The van der Waals surface area contributed by atoms with Crippen molar-refractivity contribution in [2.75, 3.05) is 26.7 Å². The van der Waals surface area contributed by atoms with Crippen molar-refractivity contribution in [2.45, 2.75) is 13.3 Å². The Bertz CT molecular complexity index is 93.3. The summed E-state index contributed by atoms with van der Waals surface area (Å²) in [6.07, 6.45) is 1.44. The third-order valence-corrected chi connectivity index (χ3v) is 2.23. The second-order valence-corrected chi connectivity index (χ2v) is 3.28. The first-order valence-corrected chi connectivity index (χ1v) is 4.20. The molecule has 1 aliphatic carbocycles. The molecular formula is C8H18N2. The lowest BCUT2D eigenvalue weighted by molar-refractivity contribution is 0.596. The van der Waals surface area contributed by atoms with E-state index >= 15 is 0 Å². The quantitative estimate of drug-likeness (QED) is 0.545. The van der Waals surface area contributed by atoms with Gasteiger partial charge in [0.05, 0.1) is 0 Å². The summed E-state index contributed by atoms with van der Waals surface area (Å²) in [5, 5.41) is 6.53. The van der Waals surface area contributed by atoms with E-state index in [1.165, 1.54) is 13.0 Å². The predicted octanol–water partition coefficient (Wildman–Crippen LogP) is 0.451. The van der Waals surface area contributed by atoms with Crippen molar-refractivity contribution in [3.63, 3.8) is 0 Å². The van der Waals surface area contributed by atoms with E-state index in [1.54, 1.807) is 0 Å². The number of rotatable bonds is 5. The monoisotopic (exact) mass is 142 g/mol. The molecule has 0 aliphatic heterocycles. The summed E-state index contributed by atoms with van der Waals surface area (Å²) in [7, 11) is 1.99. The first-order chi connectivity index (χ1) is 4.84. The highest BCUT2D eigenvalue weighted by atomic mass is 14.9. The smallest absolute Gasteiger partial charge is 0.00767 e. The van der Waals surface area contributed by atoms with E-state index in [4.69, 9.17) is 0 Å². The Morgan fingerprint density at radius 3 is 2.60 bits per heavy atom. The van der Waals surface area contributed by atoms with Crippen molar-refractivity contribution in [3.8, 4) is 0 Å². The van der Waals surface area contributed by atoms with Gasteiger partial charge in [0.2, 0.25) is 0 Å². The molecule has 0 radical (unpaired) electrons. The Balaban J connectivity index is 1.78. The fourth-order valence-electron chi connectivity index (χ4n) is 1.18. The van der Waals surface area contributed by atoms with Crippen LogP contribution in [0.5, 0.6) is 0 Å². The molecule has 1 saturated carbocycles. The van der Waals surface area contributed by atoms with Crippen LogP contribution in [0.25, 0.3) is 0 Å². The van der Waals surface area contributed by atoms with E-state index in [9.17, 15) is 0 Å². The van der Waals surface area contributed by atoms with Crippen LogP contribution in [0.3, 0.4) is 0 Å². The van der Waals surface area contributed by atoms with Gasteiger partial charge >= 0.3 is 0 Å². The first kappa shape index (κ1) is 8.02. The van der Waals surface area contributed by atoms with E-state index in [0.29, 0.717) is 0 Å². The summed E-state index contributed by atoms with van der Waals surface area (Å²) in [4.78, 5) is 0. The average Bonchev–Trinajstić information content (AvgIpc) is 2.60. The van der Waals surface area contributed by atoms with Crippen LogP contribution in [-0.2, 0) is 0 Å². The third-order valence-electron chi connectivity index (χ3n) is 2.23. The molecule has 0 bridgehead atoms. The Kier molecular flexibility index (Phi) is 3.16. The van der Waals surface area contributed by atoms with Crippen LogP contribution in [0, 0.1) is 11.8 Å². The van der Waals surface area contributed by atoms with Gasteiger partial charge in [-0.2, -0.15) is 0 Å². The van der Waals surface area contributed by atoms with Gasteiger partial charge in [-0.3, -0.25) is 0 Å². The van der Waals surface area contributed by atoms with Gasteiger partial charge in [0, 0.05) is 13.1 Å². The molecule has 2 atom stereocenters. The summed E-state index contributed by atoms with van der Waals surface area (Å²) in [6, 6.07) is 0. The number of hydrogen-bond donors (Lipinski definition) is 2. The highest BCUT2D eigenvalue weighted by molar-refractivity contribution is 4.83. The molecule has 0 aromatic rings. The van der Waals surface area contributed by atoms with Crippen LogP contribution < -0.4 is 10.6 Å². The van der Waals surface area contributed by atoms with E-state index in [1.807, 2.05) is 7.05 Å². The lowest BCUT2D eigenvalue weighted by Crippen LogP contribution is -2.26. The number of nitrogens with one attached hydrogen (secondary N) is 2. The first-order valence-electron chi connectivity index (χ1n) is 4.20. The van der Waals surface area contributed by atoms with Gasteiger partial charge in [-0.05, 0) is 31.8 Å². The molecule has 0 aromatic heterocycles. The minimum absolute atomic E-state index is 0.983. The van der Waals surface area contributed by atoms with E-state index in [2.05, 4.69) is 17.6 Å². The van der Waals surface area contributed by atoms with Crippen LogP contribution >= 0.6 is 0 Å². The topological polar surface area (TPSA) is 24.1 Å². The Morgan fingerprint density at radius 1 is 1.40 bits per heavy atom. The number of likely N-dealkylation sites (N-methyl/N-ethyl adjacent to an activating group) is 1. The van der Waals surface area contributed by atoms with Crippen molar-refractivity contribution < 1.29 is 0 Å². The van der Waals surface area contributed by atoms with Gasteiger partial charge in [-0.15, -0.1) is 0 Å². The van der Waals surface area contributed by atoms with Crippen molar-refractivity contribution in [3.05, 3.63) is 0 Å². The molecule has 2 nitrogen and oxygen atoms in total. The molecule has 0 aromatic carbocycles. The third kappa shape index (κ3) is 2.67. The summed E-state index contributed by atoms with van der Waals surface area (Å²) in [6.45, 7) is 5.74. The molecule has 2 unspecified atom stereocenters. The lowest BCUT2D eigenvalue weighted by Gasteiger charge is -2.01. The molecule has 2 heteroatoms. The Labute approximate surface area is 63.4 Å². The molecule has 60 valence electrons. The highest BCUT2D eigenvalue weighted by Crippen LogP contribution is 2.36. The Hall–Kier alpha value is -0.0800. The van der Waals surface area contributed by atoms with Crippen molar-refractivity contribution >= 4 is 0 Å². The van der Waals surface area contributed by atoms with Crippen LogP contribution in [-0.4, -0.2) is 26.7 Å². The maximum Gasteiger partial charge on any atom is 0.00767 e. The van der Waals surface area contributed by atoms with E-state index in [0.717, 1.165) is 24.9 Å². The van der Waals surface area contributed by atoms with Gasteiger partial charge < -0.3 is 10.6 Å². The molecule has 0 heterocycles. The maximum absolute atomic E-state index is 3.42. The number of hydrogen-bond acceptors (Lipinski definition) is 2. The normalized spacial score (nSPS) is 30.6. The largest absolute Gasteiger partial charge is 0.318 e. The predicted molar refractivity (Wildman–Crippen MR) is 44.1 cm³/mol. The second-order valence-electron chi connectivity index (χ2n) is 3.28. The standard InChI is InChI=1S/C8H18N2/c1-7-5-8(7)6-10-4-3-9-2/h7-10H,3-6H2,1-2H3. The van der Waals surface area contributed by atoms with Gasteiger partial charge in [-0.25, -0.2) is 0 Å². The summed E-state index contributed by atoms with van der Waals surface area (Å²) in [5.74, 6) is 1.97. The van der Waals surface area contributed by atoms with E-state index < -0.39 is 0 Å². The molecule has 1 rings (SSSR count). The maximum atomic E-state index is 3.42. The molecule has 1 fully saturated rings. The second kappa shape index (κ2) is 3.94. The summed E-state index contributed by atoms with van der Waals surface area (Å²) >= 11 is 0. The minimum atomic E-state index is 0.983.